The van der Waals surface area contributed by atoms with E-state index >= 15 is 0 Å². The van der Waals surface area contributed by atoms with Gasteiger partial charge in [0.05, 0.1) is 10.6 Å². The molecule has 3 nitrogen and oxygen atoms in total. The molecule has 0 atom stereocenters. The van der Waals surface area contributed by atoms with Gasteiger partial charge in [0.2, 0.25) is 0 Å². The van der Waals surface area contributed by atoms with Gasteiger partial charge in [0.25, 0.3) is 5.91 Å². The maximum absolute atomic E-state index is 12.5. The van der Waals surface area contributed by atoms with Gasteiger partial charge in [0.1, 0.15) is 0 Å². The molecular weight excluding hydrogens is 284 g/mol. The first kappa shape index (κ1) is 16.3. The zero-order chi connectivity index (χ0) is 15.2. The number of hydrogen-bond donors (Lipinski definition) is 0. The second kappa shape index (κ2) is 7.81. The van der Waals surface area contributed by atoms with E-state index in [1.807, 2.05) is 17.0 Å². The first-order valence-corrected chi connectivity index (χ1v) is 8.22. The van der Waals surface area contributed by atoms with Gasteiger partial charge in [-0.25, -0.2) is 0 Å². The molecule has 0 bridgehead atoms. The average Bonchev–Trinajstić information content (AvgIpc) is 2.47. The number of piperazine rings is 1. The summed E-state index contributed by atoms with van der Waals surface area (Å²) in [6.45, 7) is 9.20. The predicted octanol–water partition coefficient (Wildman–Crippen LogP) is 3.53. The van der Waals surface area contributed by atoms with E-state index < -0.39 is 0 Å². The molecule has 1 aliphatic rings. The summed E-state index contributed by atoms with van der Waals surface area (Å²) < 4.78 is 0. The minimum atomic E-state index is 0.0578. The number of carbonyl (C=O) groups excluding carboxylic acids is 1. The molecule has 1 saturated heterocycles. The molecule has 1 amide bonds. The van der Waals surface area contributed by atoms with E-state index in [2.05, 4.69) is 18.7 Å². The topological polar surface area (TPSA) is 23.6 Å². The molecule has 1 heterocycles. The van der Waals surface area contributed by atoms with Gasteiger partial charge >= 0.3 is 0 Å². The number of rotatable bonds is 5. The molecule has 0 N–H and O–H groups in total. The van der Waals surface area contributed by atoms with E-state index in [0.29, 0.717) is 10.6 Å². The van der Waals surface area contributed by atoms with E-state index in [0.717, 1.165) is 38.6 Å². The number of benzene rings is 1. The lowest BCUT2D eigenvalue weighted by atomic mass is 10.1. The molecule has 1 aromatic rings. The summed E-state index contributed by atoms with van der Waals surface area (Å²) in [5.41, 5.74) is 0.618. The summed E-state index contributed by atoms with van der Waals surface area (Å²) in [4.78, 5) is 16.8. The lowest BCUT2D eigenvalue weighted by Crippen LogP contribution is -2.48. The standard InChI is InChI=1S/C17H25ClN2O/c1-14(2)6-5-9-19-10-12-20(13-11-19)17(21)15-7-3-4-8-16(15)18/h3-4,7-8,14H,5-6,9-13H2,1-2H3. The third-order valence-electron chi connectivity index (χ3n) is 4.02. The van der Waals surface area contributed by atoms with Crippen LogP contribution in [-0.4, -0.2) is 48.4 Å². The Morgan fingerprint density at radius 1 is 1.19 bits per heavy atom. The summed E-state index contributed by atoms with van der Waals surface area (Å²) in [6, 6.07) is 7.30. The van der Waals surface area contributed by atoms with Crippen LogP contribution in [0.4, 0.5) is 0 Å². The first-order valence-electron chi connectivity index (χ1n) is 7.84. The van der Waals surface area contributed by atoms with Crippen molar-refractivity contribution in [3.63, 3.8) is 0 Å². The third kappa shape index (κ3) is 4.72. The fraction of sp³-hybridized carbons (Fsp3) is 0.588. The fourth-order valence-corrected chi connectivity index (χ4v) is 2.92. The van der Waals surface area contributed by atoms with E-state index in [1.165, 1.54) is 12.8 Å². The molecule has 116 valence electrons. The molecule has 4 heteroatoms. The number of halogens is 1. The Hall–Kier alpha value is -1.06. The van der Waals surface area contributed by atoms with Crippen LogP contribution in [0.1, 0.15) is 37.0 Å². The molecule has 21 heavy (non-hydrogen) atoms. The van der Waals surface area contributed by atoms with Gasteiger partial charge in [-0.1, -0.05) is 37.6 Å². The smallest absolute Gasteiger partial charge is 0.255 e. The molecule has 0 aromatic heterocycles. The number of carbonyl (C=O) groups is 1. The lowest BCUT2D eigenvalue weighted by molar-refractivity contribution is 0.0634. The maximum atomic E-state index is 12.5. The van der Waals surface area contributed by atoms with Crippen LogP contribution in [0, 0.1) is 5.92 Å². The summed E-state index contributed by atoms with van der Waals surface area (Å²) >= 11 is 6.11. The minimum Gasteiger partial charge on any atom is -0.336 e. The van der Waals surface area contributed by atoms with Crippen molar-refractivity contribution >= 4 is 17.5 Å². The van der Waals surface area contributed by atoms with Crippen LogP contribution >= 0.6 is 11.6 Å². The molecule has 1 aromatic carbocycles. The van der Waals surface area contributed by atoms with Gasteiger partial charge in [-0.3, -0.25) is 9.69 Å². The zero-order valence-corrected chi connectivity index (χ0v) is 13.8. The minimum absolute atomic E-state index is 0.0578. The highest BCUT2D eigenvalue weighted by Gasteiger charge is 2.23. The van der Waals surface area contributed by atoms with Crippen LogP contribution in [0.3, 0.4) is 0 Å². The molecule has 1 aliphatic heterocycles. The Morgan fingerprint density at radius 3 is 2.48 bits per heavy atom. The van der Waals surface area contributed by atoms with Crippen LogP contribution in [0.25, 0.3) is 0 Å². The molecule has 2 rings (SSSR count). The van der Waals surface area contributed by atoms with Gasteiger partial charge in [0.15, 0.2) is 0 Å². The van der Waals surface area contributed by atoms with Gasteiger partial charge in [0, 0.05) is 26.2 Å². The van der Waals surface area contributed by atoms with Gasteiger partial charge < -0.3 is 4.90 Å². The summed E-state index contributed by atoms with van der Waals surface area (Å²) in [5.74, 6) is 0.829. The highest BCUT2D eigenvalue weighted by Crippen LogP contribution is 2.18. The SMILES string of the molecule is CC(C)CCCN1CCN(C(=O)c2ccccc2Cl)CC1. The lowest BCUT2D eigenvalue weighted by Gasteiger charge is -2.35. The average molecular weight is 309 g/mol. The molecular formula is C17H25ClN2O. The Morgan fingerprint density at radius 2 is 1.86 bits per heavy atom. The van der Waals surface area contributed by atoms with Crippen LogP contribution in [0.2, 0.25) is 5.02 Å². The Bertz CT molecular complexity index is 468. The van der Waals surface area contributed by atoms with E-state index in [9.17, 15) is 4.79 Å². The van der Waals surface area contributed by atoms with Crippen molar-refractivity contribution in [2.45, 2.75) is 26.7 Å². The van der Waals surface area contributed by atoms with Crippen LogP contribution in [0.15, 0.2) is 24.3 Å². The number of hydrogen-bond acceptors (Lipinski definition) is 2. The van der Waals surface area contributed by atoms with Crippen molar-refractivity contribution in [1.29, 1.82) is 0 Å². The van der Waals surface area contributed by atoms with E-state index in [-0.39, 0.29) is 5.91 Å². The normalized spacial score (nSPS) is 16.5. The second-order valence-corrected chi connectivity index (χ2v) is 6.56. The quantitative estimate of drug-likeness (QED) is 0.830. The van der Waals surface area contributed by atoms with Crippen molar-refractivity contribution in [2.24, 2.45) is 5.92 Å². The van der Waals surface area contributed by atoms with Gasteiger partial charge in [-0.05, 0) is 37.4 Å². The van der Waals surface area contributed by atoms with Crippen molar-refractivity contribution in [1.82, 2.24) is 9.80 Å². The Kier molecular flexibility index (Phi) is 6.07. The molecule has 0 unspecified atom stereocenters. The molecule has 1 fully saturated rings. The molecule has 0 spiro atoms. The monoisotopic (exact) mass is 308 g/mol. The van der Waals surface area contributed by atoms with Crippen LogP contribution in [-0.2, 0) is 0 Å². The number of amides is 1. The largest absolute Gasteiger partial charge is 0.336 e. The van der Waals surface area contributed by atoms with Crippen LogP contribution < -0.4 is 0 Å². The fourth-order valence-electron chi connectivity index (χ4n) is 2.70. The van der Waals surface area contributed by atoms with Crippen molar-refractivity contribution < 1.29 is 4.79 Å². The van der Waals surface area contributed by atoms with Crippen LogP contribution in [0.5, 0.6) is 0 Å². The van der Waals surface area contributed by atoms with Crippen molar-refractivity contribution in [2.75, 3.05) is 32.7 Å². The zero-order valence-electron chi connectivity index (χ0n) is 13.0. The van der Waals surface area contributed by atoms with Gasteiger partial charge in [-0.2, -0.15) is 0 Å². The predicted molar refractivity (Wildman–Crippen MR) is 87.9 cm³/mol. The molecule has 0 radical (unpaired) electrons. The molecule has 0 aliphatic carbocycles. The second-order valence-electron chi connectivity index (χ2n) is 6.15. The summed E-state index contributed by atoms with van der Waals surface area (Å²) in [6.07, 6.45) is 2.52. The Balaban J connectivity index is 1.81. The maximum Gasteiger partial charge on any atom is 0.255 e. The highest BCUT2D eigenvalue weighted by atomic mass is 35.5. The van der Waals surface area contributed by atoms with Gasteiger partial charge in [-0.15, -0.1) is 0 Å². The summed E-state index contributed by atoms with van der Waals surface area (Å²) in [5, 5.41) is 0.543. The third-order valence-corrected chi connectivity index (χ3v) is 4.35. The molecule has 0 saturated carbocycles. The van der Waals surface area contributed by atoms with Crippen molar-refractivity contribution in [3.05, 3.63) is 34.9 Å². The Labute approximate surface area is 132 Å². The first-order chi connectivity index (χ1) is 10.1. The van der Waals surface area contributed by atoms with Crippen molar-refractivity contribution in [3.8, 4) is 0 Å². The summed E-state index contributed by atoms with van der Waals surface area (Å²) in [7, 11) is 0. The highest BCUT2D eigenvalue weighted by molar-refractivity contribution is 6.33. The van der Waals surface area contributed by atoms with E-state index in [1.54, 1.807) is 12.1 Å². The van der Waals surface area contributed by atoms with E-state index in [4.69, 9.17) is 11.6 Å². The number of nitrogens with zero attached hydrogens (tertiary/aromatic N) is 2.